The molecule has 126 valence electrons. The van der Waals surface area contributed by atoms with Gasteiger partial charge in [0, 0.05) is 12.2 Å². The van der Waals surface area contributed by atoms with E-state index in [-0.39, 0.29) is 18.1 Å². The predicted octanol–water partition coefficient (Wildman–Crippen LogP) is 2.79. The standard InChI is InChI=1S/C18H22N4O2/c1-12(2)24-17-11-19-10-16(21-17)20-15-8-9-22(18(15)23)14-6-4-13(3)5-7-14/h4-7,10-12,15H,8-9H2,1-3H3,(H,20,21). The van der Waals surface area contributed by atoms with Gasteiger partial charge in [-0.05, 0) is 39.3 Å². The molecule has 6 heteroatoms. The Labute approximate surface area is 141 Å². The van der Waals surface area contributed by atoms with Gasteiger partial charge in [-0.3, -0.25) is 9.78 Å². The van der Waals surface area contributed by atoms with Crippen molar-refractivity contribution in [3.05, 3.63) is 42.2 Å². The Morgan fingerprint density at radius 2 is 2.00 bits per heavy atom. The van der Waals surface area contributed by atoms with E-state index in [9.17, 15) is 4.79 Å². The van der Waals surface area contributed by atoms with Crippen LogP contribution in [0.15, 0.2) is 36.7 Å². The minimum absolute atomic E-state index is 0.0275. The quantitative estimate of drug-likeness (QED) is 0.915. The summed E-state index contributed by atoms with van der Waals surface area (Å²) < 4.78 is 5.54. The molecule has 1 amide bonds. The minimum Gasteiger partial charge on any atom is -0.474 e. The maximum absolute atomic E-state index is 12.6. The van der Waals surface area contributed by atoms with Crippen LogP contribution in [-0.4, -0.2) is 34.6 Å². The van der Waals surface area contributed by atoms with Gasteiger partial charge < -0.3 is 15.0 Å². The molecule has 1 atom stereocenters. The van der Waals surface area contributed by atoms with Crippen LogP contribution in [0.2, 0.25) is 0 Å². The van der Waals surface area contributed by atoms with Crippen molar-refractivity contribution < 1.29 is 9.53 Å². The molecule has 6 nitrogen and oxygen atoms in total. The van der Waals surface area contributed by atoms with Gasteiger partial charge in [0.05, 0.1) is 18.5 Å². The van der Waals surface area contributed by atoms with E-state index in [1.165, 1.54) is 5.56 Å². The first-order valence-corrected chi connectivity index (χ1v) is 8.16. The average Bonchev–Trinajstić information content (AvgIpc) is 2.89. The summed E-state index contributed by atoms with van der Waals surface area (Å²) in [5.74, 6) is 1.06. The Morgan fingerprint density at radius 1 is 1.25 bits per heavy atom. The third-order valence-electron chi connectivity index (χ3n) is 3.84. The molecule has 1 fully saturated rings. The van der Waals surface area contributed by atoms with Gasteiger partial charge in [0.15, 0.2) is 0 Å². The number of nitrogens with one attached hydrogen (secondary N) is 1. The lowest BCUT2D eigenvalue weighted by Gasteiger charge is -2.18. The lowest BCUT2D eigenvalue weighted by molar-refractivity contribution is -0.117. The van der Waals surface area contributed by atoms with E-state index in [0.717, 1.165) is 12.1 Å². The smallest absolute Gasteiger partial charge is 0.249 e. The summed E-state index contributed by atoms with van der Waals surface area (Å²) >= 11 is 0. The van der Waals surface area contributed by atoms with Crippen molar-refractivity contribution in [1.82, 2.24) is 9.97 Å². The molecular formula is C18H22N4O2. The molecule has 1 aromatic carbocycles. The van der Waals surface area contributed by atoms with Gasteiger partial charge in [0.2, 0.25) is 11.8 Å². The fourth-order valence-electron chi connectivity index (χ4n) is 2.69. The molecule has 0 spiro atoms. The number of hydrogen-bond donors (Lipinski definition) is 1. The molecule has 1 unspecified atom stereocenters. The number of amides is 1. The van der Waals surface area contributed by atoms with Gasteiger partial charge in [0.1, 0.15) is 11.9 Å². The number of aryl methyl sites for hydroxylation is 1. The molecule has 0 aliphatic carbocycles. The largest absolute Gasteiger partial charge is 0.474 e. The molecule has 3 rings (SSSR count). The highest BCUT2D eigenvalue weighted by molar-refractivity contribution is 6.00. The van der Waals surface area contributed by atoms with Crippen molar-refractivity contribution in [3.8, 4) is 5.88 Å². The second kappa shape index (κ2) is 6.86. The molecule has 2 heterocycles. The zero-order valence-corrected chi connectivity index (χ0v) is 14.2. The first-order chi connectivity index (χ1) is 11.5. The van der Waals surface area contributed by atoms with Crippen LogP contribution in [0.5, 0.6) is 5.88 Å². The average molecular weight is 326 g/mol. The summed E-state index contributed by atoms with van der Waals surface area (Å²) in [6.07, 6.45) is 3.93. The second-order valence-corrected chi connectivity index (χ2v) is 6.22. The Hall–Kier alpha value is -2.63. The van der Waals surface area contributed by atoms with Gasteiger partial charge in [0.25, 0.3) is 0 Å². The van der Waals surface area contributed by atoms with Gasteiger partial charge in [-0.2, -0.15) is 4.98 Å². The number of hydrogen-bond acceptors (Lipinski definition) is 5. The van der Waals surface area contributed by atoms with Crippen molar-refractivity contribution in [2.75, 3.05) is 16.8 Å². The van der Waals surface area contributed by atoms with E-state index in [4.69, 9.17) is 4.74 Å². The van der Waals surface area contributed by atoms with Crippen LogP contribution in [0, 0.1) is 6.92 Å². The van der Waals surface area contributed by atoms with Crippen LogP contribution in [-0.2, 0) is 4.79 Å². The Kier molecular flexibility index (Phi) is 4.64. The van der Waals surface area contributed by atoms with E-state index < -0.39 is 0 Å². The summed E-state index contributed by atoms with van der Waals surface area (Å²) in [5.41, 5.74) is 2.11. The van der Waals surface area contributed by atoms with Gasteiger partial charge in [-0.15, -0.1) is 0 Å². The highest BCUT2D eigenvalue weighted by Gasteiger charge is 2.32. The van der Waals surface area contributed by atoms with Gasteiger partial charge >= 0.3 is 0 Å². The molecule has 0 radical (unpaired) electrons. The summed E-state index contributed by atoms with van der Waals surface area (Å²) in [4.78, 5) is 22.9. The normalized spacial score (nSPS) is 17.4. The molecule has 2 aromatic rings. The van der Waals surface area contributed by atoms with Crippen molar-refractivity contribution in [1.29, 1.82) is 0 Å². The van der Waals surface area contributed by atoms with Crippen LogP contribution < -0.4 is 15.0 Å². The van der Waals surface area contributed by atoms with Crippen molar-refractivity contribution >= 4 is 17.4 Å². The van der Waals surface area contributed by atoms with Crippen LogP contribution in [0.3, 0.4) is 0 Å². The Bertz CT molecular complexity index is 715. The summed E-state index contributed by atoms with van der Waals surface area (Å²) in [6.45, 7) is 6.59. The molecule has 1 aliphatic rings. The first kappa shape index (κ1) is 16.2. The maximum Gasteiger partial charge on any atom is 0.249 e. The summed E-state index contributed by atoms with van der Waals surface area (Å²) in [7, 11) is 0. The summed E-state index contributed by atoms with van der Waals surface area (Å²) in [5, 5.41) is 3.17. The highest BCUT2D eigenvalue weighted by atomic mass is 16.5. The number of nitrogens with zero attached hydrogens (tertiary/aromatic N) is 3. The molecule has 1 aromatic heterocycles. The van der Waals surface area contributed by atoms with E-state index in [2.05, 4.69) is 15.3 Å². The molecular weight excluding hydrogens is 304 g/mol. The van der Waals surface area contributed by atoms with Crippen LogP contribution in [0.4, 0.5) is 11.5 Å². The zero-order valence-electron chi connectivity index (χ0n) is 14.2. The molecule has 1 aliphatic heterocycles. The van der Waals surface area contributed by atoms with Crippen molar-refractivity contribution in [3.63, 3.8) is 0 Å². The van der Waals surface area contributed by atoms with Crippen LogP contribution in [0.1, 0.15) is 25.8 Å². The maximum atomic E-state index is 12.6. The number of rotatable bonds is 5. The molecule has 1 N–H and O–H groups in total. The van der Waals surface area contributed by atoms with E-state index >= 15 is 0 Å². The van der Waals surface area contributed by atoms with Crippen molar-refractivity contribution in [2.45, 2.75) is 39.3 Å². The van der Waals surface area contributed by atoms with Crippen LogP contribution >= 0.6 is 0 Å². The number of carbonyl (C=O) groups is 1. The number of carbonyl (C=O) groups excluding carboxylic acids is 1. The van der Waals surface area contributed by atoms with Gasteiger partial charge in [-0.25, -0.2) is 0 Å². The minimum atomic E-state index is -0.296. The SMILES string of the molecule is Cc1ccc(N2CCC(Nc3cncc(OC(C)C)n3)C2=O)cc1. The number of ether oxygens (including phenoxy) is 1. The zero-order chi connectivity index (χ0) is 17.1. The molecule has 0 saturated carbocycles. The number of aromatic nitrogens is 2. The highest BCUT2D eigenvalue weighted by Crippen LogP contribution is 2.24. The third-order valence-corrected chi connectivity index (χ3v) is 3.84. The summed E-state index contributed by atoms with van der Waals surface area (Å²) in [6, 6.07) is 7.69. The van der Waals surface area contributed by atoms with E-state index in [1.54, 1.807) is 17.3 Å². The second-order valence-electron chi connectivity index (χ2n) is 6.22. The third kappa shape index (κ3) is 3.64. The molecule has 0 bridgehead atoms. The lowest BCUT2D eigenvalue weighted by atomic mass is 10.2. The van der Waals surface area contributed by atoms with E-state index in [1.807, 2.05) is 45.0 Å². The van der Waals surface area contributed by atoms with Crippen molar-refractivity contribution in [2.24, 2.45) is 0 Å². The molecule has 1 saturated heterocycles. The number of benzene rings is 1. The fourth-order valence-corrected chi connectivity index (χ4v) is 2.69. The van der Waals surface area contributed by atoms with Gasteiger partial charge in [-0.1, -0.05) is 17.7 Å². The van der Waals surface area contributed by atoms with Crippen LogP contribution in [0.25, 0.3) is 0 Å². The number of anilines is 2. The monoisotopic (exact) mass is 326 g/mol. The topological polar surface area (TPSA) is 67.3 Å². The fraction of sp³-hybridized carbons (Fsp3) is 0.389. The molecule has 24 heavy (non-hydrogen) atoms. The van der Waals surface area contributed by atoms with E-state index in [0.29, 0.717) is 18.2 Å². The first-order valence-electron chi connectivity index (χ1n) is 8.16. The Balaban J connectivity index is 1.68. The predicted molar refractivity (Wildman–Crippen MR) is 93.4 cm³/mol. The Morgan fingerprint density at radius 3 is 2.71 bits per heavy atom. The lowest BCUT2D eigenvalue weighted by Crippen LogP contribution is -2.33.